The second-order valence-electron chi connectivity index (χ2n) is 7.46. The number of H-pyrrole nitrogens is 1. The number of aromatic amines is 1. The van der Waals surface area contributed by atoms with Crippen LogP contribution in [0.2, 0.25) is 0 Å². The predicted molar refractivity (Wildman–Crippen MR) is 109 cm³/mol. The molecule has 26 heavy (non-hydrogen) atoms. The summed E-state index contributed by atoms with van der Waals surface area (Å²) in [5, 5.41) is 3.47. The Labute approximate surface area is 167 Å². The number of rotatable bonds is 3. The lowest BCUT2D eigenvalue weighted by atomic mass is 9.78. The summed E-state index contributed by atoms with van der Waals surface area (Å²) < 4.78 is 0. The van der Waals surface area contributed by atoms with Gasteiger partial charge in [0.05, 0.1) is 11.0 Å². The molecule has 0 radical (unpaired) electrons. The SMILES string of the molecule is Cc1cccc2[nH]c(CCC(=O)N3CCC4(CCNC4)CC3)nc12.Cl.Cl. The lowest BCUT2D eigenvalue weighted by molar-refractivity contribution is -0.133. The molecular weight excluding hydrogens is 371 g/mol. The van der Waals surface area contributed by atoms with E-state index in [0.717, 1.165) is 55.9 Å². The van der Waals surface area contributed by atoms with Gasteiger partial charge in [-0.2, -0.15) is 0 Å². The van der Waals surface area contributed by atoms with Crippen LogP contribution in [0.25, 0.3) is 11.0 Å². The number of carbonyl (C=O) groups excluding carboxylic acids is 1. The van der Waals surface area contributed by atoms with Crippen LogP contribution in [0.4, 0.5) is 0 Å². The number of likely N-dealkylation sites (tertiary alicyclic amines) is 1. The van der Waals surface area contributed by atoms with Gasteiger partial charge in [-0.3, -0.25) is 4.79 Å². The van der Waals surface area contributed by atoms with E-state index in [1.165, 1.54) is 12.0 Å². The van der Waals surface area contributed by atoms with E-state index in [-0.39, 0.29) is 30.7 Å². The molecule has 0 bridgehead atoms. The first-order valence-electron chi connectivity index (χ1n) is 9.08. The fourth-order valence-corrected chi connectivity index (χ4v) is 4.18. The van der Waals surface area contributed by atoms with Gasteiger partial charge in [0.25, 0.3) is 0 Å². The van der Waals surface area contributed by atoms with E-state index >= 15 is 0 Å². The predicted octanol–water partition coefficient (Wildman–Crippen LogP) is 3.25. The summed E-state index contributed by atoms with van der Waals surface area (Å²) in [7, 11) is 0. The minimum Gasteiger partial charge on any atom is -0.343 e. The summed E-state index contributed by atoms with van der Waals surface area (Å²) >= 11 is 0. The Morgan fingerprint density at radius 3 is 2.65 bits per heavy atom. The Bertz CT molecular complexity index is 745. The maximum absolute atomic E-state index is 12.5. The molecule has 0 aliphatic carbocycles. The second kappa shape index (κ2) is 8.59. The van der Waals surface area contributed by atoms with E-state index in [9.17, 15) is 4.79 Å². The van der Waals surface area contributed by atoms with Gasteiger partial charge in [-0.1, -0.05) is 12.1 Å². The van der Waals surface area contributed by atoms with Crippen LogP contribution in [0.1, 0.15) is 37.1 Å². The lowest BCUT2D eigenvalue weighted by Crippen LogP contribution is -2.44. The Balaban J connectivity index is 0.00000121. The van der Waals surface area contributed by atoms with E-state index in [4.69, 9.17) is 0 Å². The first-order valence-corrected chi connectivity index (χ1v) is 9.08. The second-order valence-corrected chi connectivity index (χ2v) is 7.46. The Morgan fingerprint density at radius 1 is 1.23 bits per heavy atom. The summed E-state index contributed by atoms with van der Waals surface area (Å²) in [6.07, 6.45) is 4.80. The maximum atomic E-state index is 12.5. The van der Waals surface area contributed by atoms with Crippen LogP contribution >= 0.6 is 24.8 Å². The van der Waals surface area contributed by atoms with Gasteiger partial charge in [0.1, 0.15) is 5.82 Å². The number of aromatic nitrogens is 2. The highest BCUT2D eigenvalue weighted by Gasteiger charge is 2.37. The molecule has 144 valence electrons. The van der Waals surface area contributed by atoms with E-state index < -0.39 is 0 Å². The van der Waals surface area contributed by atoms with Crippen molar-refractivity contribution in [3.63, 3.8) is 0 Å². The van der Waals surface area contributed by atoms with Gasteiger partial charge in [0, 0.05) is 32.5 Å². The van der Waals surface area contributed by atoms with Crippen molar-refractivity contribution in [1.82, 2.24) is 20.2 Å². The van der Waals surface area contributed by atoms with Gasteiger partial charge in [-0.15, -0.1) is 24.8 Å². The molecule has 2 aromatic rings. The molecule has 3 heterocycles. The normalized spacial score (nSPS) is 18.6. The number of para-hydroxylation sites is 1. The number of hydrogen-bond donors (Lipinski definition) is 2. The summed E-state index contributed by atoms with van der Waals surface area (Å²) in [4.78, 5) is 22.6. The standard InChI is InChI=1S/C19H26N4O.2ClH/c1-14-3-2-4-15-18(14)22-16(21-15)5-6-17(24)23-11-8-19(9-12-23)7-10-20-13-19;;/h2-4,20H,5-13H2,1H3,(H,21,22);2*1H. The zero-order valence-electron chi connectivity index (χ0n) is 15.2. The van der Waals surface area contributed by atoms with Crippen LogP contribution in [-0.4, -0.2) is 47.0 Å². The molecule has 1 aromatic carbocycles. The fourth-order valence-electron chi connectivity index (χ4n) is 4.18. The van der Waals surface area contributed by atoms with E-state index in [0.29, 0.717) is 18.3 Å². The Morgan fingerprint density at radius 2 is 2.00 bits per heavy atom. The monoisotopic (exact) mass is 398 g/mol. The van der Waals surface area contributed by atoms with Gasteiger partial charge in [-0.25, -0.2) is 4.98 Å². The first-order chi connectivity index (χ1) is 11.7. The molecule has 5 nitrogen and oxygen atoms in total. The fraction of sp³-hybridized carbons (Fsp3) is 0.579. The number of benzene rings is 1. The van der Waals surface area contributed by atoms with Crippen molar-refractivity contribution in [1.29, 1.82) is 0 Å². The number of nitrogens with zero attached hydrogens (tertiary/aromatic N) is 2. The molecule has 2 fully saturated rings. The number of hydrogen-bond acceptors (Lipinski definition) is 3. The Kier molecular flexibility index (Phi) is 6.94. The molecule has 2 N–H and O–H groups in total. The van der Waals surface area contributed by atoms with E-state index in [1.807, 2.05) is 12.1 Å². The third-order valence-corrected chi connectivity index (χ3v) is 5.85. The largest absolute Gasteiger partial charge is 0.343 e. The number of imidazole rings is 1. The Hall–Kier alpha value is -1.30. The number of piperidine rings is 1. The molecule has 4 rings (SSSR count). The topological polar surface area (TPSA) is 61.0 Å². The van der Waals surface area contributed by atoms with Crippen molar-refractivity contribution in [3.05, 3.63) is 29.6 Å². The van der Waals surface area contributed by atoms with Gasteiger partial charge >= 0.3 is 0 Å². The van der Waals surface area contributed by atoms with Crippen LogP contribution in [0, 0.1) is 12.3 Å². The van der Waals surface area contributed by atoms with Crippen LogP contribution < -0.4 is 5.32 Å². The van der Waals surface area contributed by atoms with Crippen LogP contribution in [0.15, 0.2) is 18.2 Å². The number of halogens is 2. The molecular formula is C19H28Cl2N4O. The number of aryl methyl sites for hydroxylation is 2. The number of amides is 1. The highest BCUT2D eigenvalue weighted by atomic mass is 35.5. The molecule has 0 saturated carbocycles. The minimum atomic E-state index is 0. The van der Waals surface area contributed by atoms with E-state index in [1.54, 1.807) is 0 Å². The van der Waals surface area contributed by atoms with Crippen molar-refractivity contribution in [2.24, 2.45) is 5.41 Å². The van der Waals surface area contributed by atoms with Crippen molar-refractivity contribution >= 4 is 41.8 Å². The molecule has 2 aliphatic heterocycles. The molecule has 0 atom stereocenters. The average Bonchev–Trinajstić information content (AvgIpc) is 3.21. The summed E-state index contributed by atoms with van der Waals surface area (Å²) in [5.74, 6) is 1.19. The first kappa shape index (κ1) is 21.0. The van der Waals surface area contributed by atoms with Crippen molar-refractivity contribution in [2.75, 3.05) is 26.2 Å². The van der Waals surface area contributed by atoms with Crippen LogP contribution in [0.5, 0.6) is 0 Å². The molecule has 2 aliphatic rings. The molecule has 1 spiro atoms. The molecule has 2 saturated heterocycles. The lowest BCUT2D eigenvalue weighted by Gasteiger charge is -2.38. The van der Waals surface area contributed by atoms with Crippen LogP contribution in [-0.2, 0) is 11.2 Å². The van der Waals surface area contributed by atoms with Crippen molar-refractivity contribution in [3.8, 4) is 0 Å². The van der Waals surface area contributed by atoms with Crippen molar-refractivity contribution in [2.45, 2.75) is 39.0 Å². The highest BCUT2D eigenvalue weighted by Crippen LogP contribution is 2.37. The van der Waals surface area contributed by atoms with E-state index in [2.05, 4.69) is 33.2 Å². The molecule has 1 amide bonds. The van der Waals surface area contributed by atoms with Gasteiger partial charge in [-0.05, 0) is 49.8 Å². The number of nitrogens with one attached hydrogen (secondary N) is 2. The van der Waals surface area contributed by atoms with Crippen molar-refractivity contribution < 1.29 is 4.79 Å². The highest BCUT2D eigenvalue weighted by molar-refractivity contribution is 5.85. The smallest absolute Gasteiger partial charge is 0.223 e. The van der Waals surface area contributed by atoms with Gasteiger partial charge in [0.2, 0.25) is 5.91 Å². The third kappa shape index (κ3) is 4.16. The van der Waals surface area contributed by atoms with Gasteiger partial charge < -0.3 is 15.2 Å². The summed E-state index contributed by atoms with van der Waals surface area (Å²) in [5.41, 5.74) is 3.72. The minimum absolute atomic E-state index is 0. The summed E-state index contributed by atoms with van der Waals surface area (Å²) in [6, 6.07) is 6.14. The van der Waals surface area contributed by atoms with Gasteiger partial charge in [0.15, 0.2) is 0 Å². The maximum Gasteiger partial charge on any atom is 0.223 e. The quantitative estimate of drug-likeness (QED) is 0.833. The van der Waals surface area contributed by atoms with Crippen LogP contribution in [0.3, 0.4) is 0 Å². The number of carbonyl (C=O) groups is 1. The zero-order chi connectivity index (χ0) is 16.6. The molecule has 7 heteroatoms. The third-order valence-electron chi connectivity index (χ3n) is 5.85. The zero-order valence-corrected chi connectivity index (χ0v) is 16.8. The molecule has 0 unspecified atom stereocenters. The summed E-state index contributed by atoms with van der Waals surface area (Å²) in [6.45, 7) is 6.17. The number of fused-ring (bicyclic) bond motifs is 1. The molecule has 1 aromatic heterocycles. The average molecular weight is 399 g/mol.